The minimum absolute atomic E-state index is 0. The summed E-state index contributed by atoms with van der Waals surface area (Å²) < 4.78 is 45.6. The topological polar surface area (TPSA) is 150 Å². The summed E-state index contributed by atoms with van der Waals surface area (Å²) in [5, 5.41) is 12.1. The van der Waals surface area contributed by atoms with Crippen LogP contribution in [0.4, 0.5) is 18.9 Å². The van der Waals surface area contributed by atoms with Gasteiger partial charge in [0.05, 0.1) is 12.8 Å². The van der Waals surface area contributed by atoms with Crippen LogP contribution in [0.15, 0.2) is 17.2 Å². The number of nitriles is 1. The molecule has 1 rings (SSSR count). The van der Waals surface area contributed by atoms with E-state index in [9.17, 15) is 13.2 Å². The van der Waals surface area contributed by atoms with E-state index in [1.54, 1.807) is 6.07 Å². The Morgan fingerprint density at radius 3 is 2.26 bits per heavy atom. The van der Waals surface area contributed by atoms with Crippen LogP contribution in [-0.2, 0) is 0 Å². The van der Waals surface area contributed by atoms with Crippen LogP contribution < -0.4 is 39.0 Å². The van der Waals surface area contributed by atoms with Crippen molar-refractivity contribution >= 4 is 5.69 Å². The molecular weight excluding hydrogens is 330 g/mol. The first-order chi connectivity index (χ1) is 10.3. The molecule has 0 unspecified atom stereocenters. The second kappa shape index (κ2) is 11.3. The summed E-state index contributed by atoms with van der Waals surface area (Å²) in [5.74, 6) is -0.250. The van der Waals surface area contributed by atoms with Crippen LogP contribution in [0.5, 0.6) is 11.5 Å². The minimum atomic E-state index is -4.55. The van der Waals surface area contributed by atoms with Gasteiger partial charge in [-0.3, -0.25) is 4.91 Å². The number of nitrogens with zero attached hydrogens (tertiary/aromatic N) is 7. The largest absolute Gasteiger partial charge is 1.00 e. The summed E-state index contributed by atoms with van der Waals surface area (Å²) in [6.45, 7) is -1.56. The zero-order valence-electron chi connectivity index (χ0n) is 11.9. The zero-order chi connectivity index (χ0) is 17.2. The van der Waals surface area contributed by atoms with Crippen molar-refractivity contribution in [3.63, 3.8) is 0 Å². The number of hydrogen-bond acceptors (Lipinski definition) is 4. The van der Waals surface area contributed by atoms with Gasteiger partial charge in [-0.1, -0.05) is 5.11 Å². The smallest absolute Gasteiger partial charge is 0.497 e. The molecule has 0 amide bonds. The van der Waals surface area contributed by atoms with Gasteiger partial charge in [-0.2, -0.15) is 18.4 Å². The van der Waals surface area contributed by atoms with Crippen LogP contribution >= 0.6 is 0 Å². The van der Waals surface area contributed by atoms with Gasteiger partial charge < -0.3 is 20.5 Å². The Bertz CT molecular complexity index is 647. The van der Waals surface area contributed by atoms with Gasteiger partial charge in [-0.25, -0.2) is 0 Å². The Hall–Kier alpha value is -2.28. The van der Waals surface area contributed by atoms with Gasteiger partial charge in [-0.15, -0.1) is 0 Å². The van der Waals surface area contributed by atoms with Crippen LogP contribution in [0.2, 0.25) is 0 Å². The van der Waals surface area contributed by atoms with E-state index < -0.39 is 12.8 Å². The molecule has 9 nitrogen and oxygen atoms in total. The number of azide groups is 1. The molecule has 0 heterocycles. The molecule has 0 atom stereocenters. The number of methoxy groups -OCH3 is 1. The summed E-state index contributed by atoms with van der Waals surface area (Å²) >= 11 is 0. The first kappa shape index (κ1) is 23.0. The fraction of sp³-hybridized carbons (Fsp3) is 0.300. The molecule has 23 heavy (non-hydrogen) atoms. The second-order valence-corrected chi connectivity index (χ2v) is 3.31. The maximum absolute atomic E-state index is 12.1. The Balaban J connectivity index is 0. The summed E-state index contributed by atoms with van der Waals surface area (Å²) in [7, 11) is 1.27. The quantitative estimate of drug-likeness (QED) is 0.353. The number of rotatable bonds is 4. The number of halogens is 3. The third kappa shape index (κ3) is 8.67. The van der Waals surface area contributed by atoms with Crippen molar-refractivity contribution in [3.8, 4) is 17.6 Å². The fourth-order valence-corrected chi connectivity index (χ4v) is 1.21. The van der Waals surface area contributed by atoms with Crippen molar-refractivity contribution in [3.05, 3.63) is 44.1 Å². The van der Waals surface area contributed by atoms with Crippen molar-refractivity contribution in [2.24, 2.45) is 5.11 Å². The predicted molar refractivity (Wildman–Crippen MR) is 68.1 cm³/mol. The third-order valence-corrected chi connectivity index (χ3v) is 1.95. The molecule has 13 heteroatoms. The fourth-order valence-electron chi connectivity index (χ4n) is 1.21. The summed E-state index contributed by atoms with van der Waals surface area (Å²) in [6.07, 6.45) is -4.55. The van der Waals surface area contributed by atoms with E-state index in [4.69, 9.17) is 26.6 Å². The van der Waals surface area contributed by atoms with E-state index in [1.807, 2.05) is 0 Å². The first-order valence-corrected chi connectivity index (χ1v) is 5.18. The predicted octanol–water partition coefficient (Wildman–Crippen LogP) is 1.32. The van der Waals surface area contributed by atoms with Gasteiger partial charge in [0.1, 0.15) is 23.1 Å². The maximum Gasteiger partial charge on any atom is 1.00 e. The van der Waals surface area contributed by atoms with Gasteiger partial charge in [-0.05, 0) is 11.6 Å². The summed E-state index contributed by atoms with van der Waals surface area (Å²) in [6, 6.07) is 3.96. The Labute approximate surface area is 149 Å². The molecule has 0 N–H and O–H groups in total. The van der Waals surface area contributed by atoms with Crippen LogP contribution in [0, 0.1) is 11.3 Å². The Kier molecular flexibility index (Phi) is 11.3. The van der Waals surface area contributed by atoms with Crippen molar-refractivity contribution in [2.75, 3.05) is 13.7 Å². The molecule has 0 saturated heterocycles. The number of hydrogen-bond donors (Lipinski definition) is 0. The monoisotopic (exact) mass is 337 g/mol. The maximum atomic E-state index is 12.1. The Morgan fingerprint density at radius 1 is 1.30 bits per heavy atom. The van der Waals surface area contributed by atoms with Crippen molar-refractivity contribution < 1.29 is 52.2 Å². The number of alkyl halides is 3. The standard InChI is InChI=1S/C10H7F3N4O2.N3.Na/c1-18-6-2-8(16-17-15)7(4-14)9(3-6)19-5-10(11,12)13;1-3-2;/h2-3H,5H2,1H3;;/q;-1;+1. The van der Waals surface area contributed by atoms with Crippen molar-refractivity contribution in [1.82, 2.24) is 0 Å². The second-order valence-electron chi connectivity index (χ2n) is 3.31. The normalized spacial score (nSPS) is 8.83. The van der Waals surface area contributed by atoms with Crippen LogP contribution in [0.3, 0.4) is 0 Å². The zero-order valence-corrected chi connectivity index (χ0v) is 13.9. The molecule has 0 saturated carbocycles. The van der Waals surface area contributed by atoms with Crippen LogP contribution in [0.1, 0.15) is 5.56 Å². The van der Waals surface area contributed by atoms with E-state index in [0.717, 1.165) is 6.07 Å². The van der Waals surface area contributed by atoms with Crippen LogP contribution in [0.25, 0.3) is 26.4 Å². The van der Waals surface area contributed by atoms with Gasteiger partial charge in [0.2, 0.25) is 0 Å². The molecule has 0 radical (unpaired) electrons. The molecular formula is C10H7F3N7NaO2. The molecule has 0 aliphatic heterocycles. The number of ether oxygens (including phenoxy) is 2. The molecule has 1 aromatic carbocycles. The molecule has 0 aliphatic rings. The molecule has 0 aromatic heterocycles. The molecule has 1 aromatic rings. The summed E-state index contributed by atoms with van der Waals surface area (Å²) in [4.78, 5) is 3.98. The first-order valence-electron chi connectivity index (χ1n) is 5.18. The van der Waals surface area contributed by atoms with Crippen molar-refractivity contribution in [1.29, 1.82) is 5.26 Å². The molecule has 116 valence electrons. The molecule has 0 aliphatic carbocycles. The van der Waals surface area contributed by atoms with Gasteiger partial charge in [0.15, 0.2) is 6.61 Å². The van der Waals surface area contributed by atoms with E-state index in [1.165, 1.54) is 18.1 Å². The molecule has 0 fully saturated rings. The summed E-state index contributed by atoms with van der Waals surface area (Å²) in [5.41, 5.74) is 21.4. The van der Waals surface area contributed by atoms with Gasteiger partial charge in [0, 0.05) is 11.0 Å². The van der Waals surface area contributed by atoms with E-state index in [-0.39, 0.29) is 52.3 Å². The number of benzene rings is 1. The van der Waals surface area contributed by atoms with E-state index in [0.29, 0.717) is 0 Å². The molecule has 0 bridgehead atoms. The van der Waals surface area contributed by atoms with Gasteiger partial charge >= 0.3 is 35.7 Å². The van der Waals surface area contributed by atoms with Crippen LogP contribution in [-0.4, -0.2) is 19.9 Å². The molecule has 0 spiro atoms. The Morgan fingerprint density at radius 2 is 1.87 bits per heavy atom. The average molecular weight is 337 g/mol. The van der Waals surface area contributed by atoms with Gasteiger partial charge in [0.25, 0.3) is 0 Å². The average Bonchev–Trinajstić information content (AvgIpc) is 2.45. The third-order valence-electron chi connectivity index (χ3n) is 1.95. The minimum Gasteiger partial charge on any atom is -0.497 e. The van der Waals surface area contributed by atoms with Crippen molar-refractivity contribution in [2.45, 2.75) is 6.18 Å². The SMILES string of the molecule is COc1cc(N=[N+]=[N-])c(C#N)c(OCC(F)(F)F)c1.[N-]=[N+]=[N-].[Na+]. The van der Waals surface area contributed by atoms with E-state index in [2.05, 4.69) is 14.8 Å². The van der Waals surface area contributed by atoms with E-state index >= 15 is 0 Å².